The summed E-state index contributed by atoms with van der Waals surface area (Å²) < 4.78 is 0.978. The molecule has 0 aliphatic rings. The van der Waals surface area contributed by atoms with Crippen molar-refractivity contribution in [3.8, 4) is 0 Å². The standard InChI is InChI=1S/C18H19Br2NO.BrH/c1-21(2)12-16(17(20)13-6-4-3-5-7-13)18(22)14-8-10-15(19)11-9-14;/h3-11,16-17H,12H2,1-2H3;1H. The maximum Gasteiger partial charge on any atom is 0.168 e. The maximum absolute atomic E-state index is 12.9. The van der Waals surface area contributed by atoms with Crippen molar-refractivity contribution in [1.82, 2.24) is 4.90 Å². The summed E-state index contributed by atoms with van der Waals surface area (Å²) in [5.74, 6) is 0.0190. The average Bonchev–Trinajstić information content (AvgIpc) is 2.53. The van der Waals surface area contributed by atoms with Crippen LogP contribution in [0.25, 0.3) is 0 Å². The van der Waals surface area contributed by atoms with Crippen LogP contribution < -0.4 is 0 Å². The second kappa shape index (κ2) is 9.72. The van der Waals surface area contributed by atoms with Crippen molar-refractivity contribution in [1.29, 1.82) is 0 Å². The SMILES string of the molecule is Br.CN(C)CC(C(=O)c1ccc(Br)cc1)C(Br)c1ccccc1. The van der Waals surface area contributed by atoms with Crippen LogP contribution >= 0.6 is 48.8 Å². The summed E-state index contributed by atoms with van der Waals surface area (Å²) in [6, 6.07) is 17.7. The molecule has 0 saturated heterocycles. The molecule has 2 aromatic rings. The molecule has 0 fully saturated rings. The Kier molecular flexibility index (Phi) is 8.69. The second-order valence-electron chi connectivity index (χ2n) is 5.55. The molecule has 0 spiro atoms. The number of Topliss-reactive ketones (excluding diaryl/α,β-unsaturated/α-hetero) is 1. The predicted octanol–water partition coefficient (Wildman–Crippen LogP) is 5.52. The molecule has 2 unspecified atom stereocenters. The summed E-state index contributed by atoms with van der Waals surface area (Å²) in [5.41, 5.74) is 1.87. The van der Waals surface area contributed by atoms with E-state index in [1.165, 1.54) is 0 Å². The first-order chi connectivity index (χ1) is 10.5. The number of rotatable bonds is 6. The van der Waals surface area contributed by atoms with Crippen molar-refractivity contribution in [2.75, 3.05) is 20.6 Å². The number of benzene rings is 2. The molecule has 0 radical (unpaired) electrons. The molecular weight excluding hydrogens is 486 g/mol. The van der Waals surface area contributed by atoms with Gasteiger partial charge in [0.15, 0.2) is 5.78 Å². The quantitative estimate of drug-likeness (QED) is 0.380. The second-order valence-corrected chi connectivity index (χ2v) is 7.45. The molecule has 0 N–H and O–H groups in total. The smallest absolute Gasteiger partial charge is 0.168 e. The van der Waals surface area contributed by atoms with E-state index in [1.54, 1.807) is 0 Å². The Morgan fingerprint density at radius 2 is 1.61 bits per heavy atom. The fourth-order valence-corrected chi connectivity index (χ4v) is 3.38. The number of hydrogen-bond acceptors (Lipinski definition) is 2. The highest BCUT2D eigenvalue weighted by Gasteiger charge is 2.29. The summed E-state index contributed by atoms with van der Waals surface area (Å²) >= 11 is 7.15. The number of carbonyl (C=O) groups excluding carboxylic acids is 1. The molecule has 0 heterocycles. The van der Waals surface area contributed by atoms with Crippen LogP contribution in [0.2, 0.25) is 0 Å². The zero-order chi connectivity index (χ0) is 16.1. The lowest BCUT2D eigenvalue weighted by molar-refractivity contribution is 0.0896. The number of carbonyl (C=O) groups is 1. The van der Waals surface area contributed by atoms with Gasteiger partial charge in [0.1, 0.15) is 0 Å². The lowest BCUT2D eigenvalue weighted by Gasteiger charge is -2.25. The number of nitrogens with zero attached hydrogens (tertiary/aromatic N) is 1. The molecule has 0 aliphatic heterocycles. The molecule has 0 amide bonds. The number of halogens is 3. The molecule has 0 aromatic heterocycles. The monoisotopic (exact) mass is 503 g/mol. The average molecular weight is 506 g/mol. The zero-order valence-electron chi connectivity index (χ0n) is 13.1. The Hall–Kier alpha value is -0.490. The molecule has 2 nitrogen and oxygen atoms in total. The Morgan fingerprint density at radius 3 is 2.13 bits per heavy atom. The third kappa shape index (κ3) is 5.82. The van der Waals surface area contributed by atoms with Gasteiger partial charge >= 0.3 is 0 Å². The van der Waals surface area contributed by atoms with E-state index in [9.17, 15) is 4.79 Å². The van der Waals surface area contributed by atoms with Crippen LogP contribution in [0.15, 0.2) is 59.1 Å². The summed E-state index contributed by atoms with van der Waals surface area (Å²) in [5, 5.41) is 0. The van der Waals surface area contributed by atoms with Crippen LogP contribution in [-0.4, -0.2) is 31.3 Å². The van der Waals surface area contributed by atoms with Crippen molar-refractivity contribution in [2.45, 2.75) is 4.83 Å². The Bertz CT molecular complexity index is 614. The van der Waals surface area contributed by atoms with E-state index in [2.05, 4.69) is 48.9 Å². The van der Waals surface area contributed by atoms with Gasteiger partial charge in [-0.05, 0) is 31.8 Å². The molecular formula is C18H20Br3NO. The molecule has 2 rings (SSSR count). The minimum atomic E-state index is -0.140. The van der Waals surface area contributed by atoms with Crippen LogP contribution in [-0.2, 0) is 0 Å². The number of alkyl halides is 1. The van der Waals surface area contributed by atoms with Gasteiger partial charge in [-0.15, -0.1) is 17.0 Å². The van der Waals surface area contributed by atoms with Crippen LogP contribution in [0.1, 0.15) is 20.7 Å². The molecule has 2 atom stereocenters. The van der Waals surface area contributed by atoms with E-state index in [4.69, 9.17) is 0 Å². The highest BCUT2D eigenvalue weighted by Crippen LogP contribution is 2.33. The van der Waals surface area contributed by atoms with Gasteiger partial charge in [0.25, 0.3) is 0 Å². The van der Waals surface area contributed by atoms with E-state index >= 15 is 0 Å². The fraction of sp³-hybridized carbons (Fsp3) is 0.278. The minimum Gasteiger partial charge on any atom is -0.309 e. The van der Waals surface area contributed by atoms with E-state index in [0.29, 0.717) is 6.54 Å². The minimum absolute atomic E-state index is 0. The van der Waals surface area contributed by atoms with Crippen molar-refractivity contribution >= 4 is 54.6 Å². The summed E-state index contributed by atoms with van der Waals surface area (Å²) in [6.45, 7) is 0.694. The van der Waals surface area contributed by atoms with Gasteiger partial charge in [-0.3, -0.25) is 4.79 Å². The van der Waals surface area contributed by atoms with Gasteiger partial charge in [-0.2, -0.15) is 0 Å². The van der Waals surface area contributed by atoms with Crippen LogP contribution in [0, 0.1) is 5.92 Å². The van der Waals surface area contributed by atoms with E-state index in [0.717, 1.165) is 15.6 Å². The topological polar surface area (TPSA) is 20.3 Å². The van der Waals surface area contributed by atoms with Gasteiger partial charge < -0.3 is 4.90 Å². The lowest BCUT2D eigenvalue weighted by atomic mass is 9.90. The Labute approximate surface area is 165 Å². The maximum atomic E-state index is 12.9. The molecule has 5 heteroatoms. The van der Waals surface area contributed by atoms with Crippen molar-refractivity contribution in [2.24, 2.45) is 5.92 Å². The first-order valence-electron chi connectivity index (χ1n) is 7.12. The number of hydrogen-bond donors (Lipinski definition) is 0. The predicted molar refractivity (Wildman–Crippen MR) is 109 cm³/mol. The molecule has 0 aliphatic carbocycles. The highest BCUT2D eigenvalue weighted by molar-refractivity contribution is 9.10. The molecule has 2 aromatic carbocycles. The van der Waals surface area contributed by atoms with E-state index in [1.807, 2.05) is 56.6 Å². The summed E-state index contributed by atoms with van der Waals surface area (Å²) in [7, 11) is 3.99. The molecule has 124 valence electrons. The van der Waals surface area contributed by atoms with Crippen molar-refractivity contribution in [3.05, 3.63) is 70.2 Å². The summed E-state index contributed by atoms with van der Waals surface area (Å²) in [4.78, 5) is 15.0. The number of ketones is 1. The molecule has 0 saturated carbocycles. The lowest BCUT2D eigenvalue weighted by Crippen LogP contribution is -2.31. The zero-order valence-corrected chi connectivity index (χ0v) is 18.0. The molecule has 23 heavy (non-hydrogen) atoms. The highest BCUT2D eigenvalue weighted by atomic mass is 79.9. The Morgan fingerprint density at radius 1 is 1.04 bits per heavy atom. The van der Waals surface area contributed by atoms with Gasteiger partial charge in [0.2, 0.25) is 0 Å². The van der Waals surface area contributed by atoms with Crippen LogP contribution in [0.5, 0.6) is 0 Å². The van der Waals surface area contributed by atoms with Gasteiger partial charge in [0, 0.05) is 16.6 Å². The Balaban J connectivity index is 0.00000264. The van der Waals surface area contributed by atoms with Crippen molar-refractivity contribution < 1.29 is 4.79 Å². The van der Waals surface area contributed by atoms with E-state index in [-0.39, 0.29) is 33.5 Å². The molecule has 0 bridgehead atoms. The van der Waals surface area contributed by atoms with E-state index < -0.39 is 0 Å². The first-order valence-corrected chi connectivity index (χ1v) is 8.83. The van der Waals surface area contributed by atoms with Crippen molar-refractivity contribution in [3.63, 3.8) is 0 Å². The van der Waals surface area contributed by atoms with Crippen LogP contribution in [0.4, 0.5) is 0 Å². The third-order valence-electron chi connectivity index (χ3n) is 3.50. The van der Waals surface area contributed by atoms with Gasteiger partial charge in [0.05, 0.1) is 10.7 Å². The van der Waals surface area contributed by atoms with Crippen LogP contribution in [0.3, 0.4) is 0 Å². The van der Waals surface area contributed by atoms with Gasteiger partial charge in [-0.1, -0.05) is 74.3 Å². The fourth-order valence-electron chi connectivity index (χ4n) is 2.40. The normalized spacial score (nSPS) is 13.3. The third-order valence-corrected chi connectivity index (χ3v) is 5.19. The first kappa shape index (κ1) is 20.6. The summed E-state index contributed by atoms with van der Waals surface area (Å²) in [6.07, 6.45) is 0. The van der Waals surface area contributed by atoms with Gasteiger partial charge in [-0.25, -0.2) is 0 Å². The largest absolute Gasteiger partial charge is 0.309 e.